The summed E-state index contributed by atoms with van der Waals surface area (Å²) in [4.78, 5) is 24.3. The molecule has 19 atom stereocenters. The Bertz CT molecular complexity index is 1490. The van der Waals surface area contributed by atoms with Gasteiger partial charge in [-0.2, -0.15) is 0 Å². The first kappa shape index (κ1) is 43.5. The molecule has 56 heavy (non-hydrogen) atoms. The molecule has 0 aliphatic heterocycles. The number of ether oxygens (including phenoxy) is 2. The van der Waals surface area contributed by atoms with E-state index >= 15 is 0 Å². The molecule has 0 heterocycles. The number of esters is 2. The zero-order chi connectivity index (χ0) is 40.5. The Balaban J connectivity index is 0.000000172. The largest absolute Gasteiger partial charge is 0.461 e. The van der Waals surface area contributed by atoms with Crippen molar-refractivity contribution in [3.63, 3.8) is 0 Å². The lowest BCUT2D eigenvalue weighted by atomic mass is 9.44. The average Bonchev–Trinajstić information content (AvgIpc) is 3.58. The summed E-state index contributed by atoms with van der Waals surface area (Å²) >= 11 is 7.57. The monoisotopic (exact) mass is 914 g/mol. The average molecular weight is 917 g/mol. The van der Waals surface area contributed by atoms with Crippen molar-refractivity contribution in [2.45, 2.75) is 170 Å². The standard InChI is InChI=1S/C22H35BrO5.C22H33BrO5/c2*1-3-18(27)28-20-16(23)10-15-19-14(5-6-21(15,20)2)22(11-24)7-4-13(25)8-12(22)9-17(19)26/h12-17,19-20,24-26H,3-11H2,1-2H3;9,13-17,19-20,24-26H,3-8,10-11H2,1-2H3/t12?,13-,14?,15?,16+,17-,19?,20-,21-,22+;13-,14?,15?,16+,17-,19?,20-,21-,22+/m00/s1. The fourth-order valence-corrected chi connectivity index (χ4v) is 17.0. The third kappa shape index (κ3) is 6.94. The number of fused-ring (bicyclic) bond motifs is 10. The van der Waals surface area contributed by atoms with Crippen molar-refractivity contribution in [3.05, 3.63) is 11.6 Å². The minimum atomic E-state index is -0.574. The number of alkyl halides is 2. The van der Waals surface area contributed by atoms with Crippen molar-refractivity contribution in [2.75, 3.05) is 13.2 Å². The van der Waals surface area contributed by atoms with Crippen molar-refractivity contribution in [3.8, 4) is 0 Å². The van der Waals surface area contributed by atoms with E-state index in [-0.39, 0.29) is 122 Å². The third-order valence-corrected chi connectivity index (χ3v) is 19.4. The molecule has 0 amide bonds. The lowest BCUT2D eigenvalue weighted by Crippen LogP contribution is -2.61. The van der Waals surface area contributed by atoms with Crippen LogP contribution in [-0.2, 0) is 19.1 Å². The molecular formula is C44H68Br2O10. The van der Waals surface area contributed by atoms with Gasteiger partial charge in [0.1, 0.15) is 12.2 Å². The lowest BCUT2D eigenvalue weighted by Gasteiger charge is -2.62. The predicted molar refractivity (Wildman–Crippen MR) is 218 cm³/mol. The Morgan fingerprint density at radius 3 is 1.80 bits per heavy atom. The van der Waals surface area contributed by atoms with E-state index in [1.165, 1.54) is 0 Å². The molecule has 0 spiro atoms. The fraction of sp³-hybridized carbons (Fsp3) is 0.909. The Morgan fingerprint density at radius 2 is 1.25 bits per heavy atom. The lowest BCUT2D eigenvalue weighted by molar-refractivity contribution is -0.199. The van der Waals surface area contributed by atoms with Gasteiger partial charge in [-0.25, -0.2) is 0 Å². The van der Waals surface area contributed by atoms with Gasteiger partial charge in [-0.3, -0.25) is 9.59 Å². The maximum absolute atomic E-state index is 12.0. The molecule has 318 valence electrons. The third-order valence-electron chi connectivity index (χ3n) is 17.6. The molecule has 0 saturated heterocycles. The zero-order valence-corrected chi connectivity index (χ0v) is 37.0. The van der Waals surface area contributed by atoms with Gasteiger partial charge in [0.25, 0.3) is 0 Å². The summed E-state index contributed by atoms with van der Waals surface area (Å²) in [5.74, 6) is 1.03. The van der Waals surface area contributed by atoms with E-state index in [1.54, 1.807) is 0 Å². The van der Waals surface area contributed by atoms with E-state index in [4.69, 9.17) is 9.47 Å². The van der Waals surface area contributed by atoms with E-state index in [0.29, 0.717) is 38.5 Å². The van der Waals surface area contributed by atoms with Crippen molar-refractivity contribution in [2.24, 2.45) is 63.1 Å². The number of aliphatic hydroxyl groups is 6. The highest BCUT2D eigenvalue weighted by molar-refractivity contribution is 9.09. The number of carbonyl (C=O) groups is 2. The molecule has 7 unspecified atom stereocenters. The van der Waals surface area contributed by atoms with Crippen LogP contribution in [0.25, 0.3) is 0 Å². The summed E-state index contributed by atoms with van der Waals surface area (Å²) in [5.41, 5.74) is 0.249. The van der Waals surface area contributed by atoms with Crippen molar-refractivity contribution >= 4 is 43.8 Å². The van der Waals surface area contributed by atoms with E-state index in [2.05, 4.69) is 45.7 Å². The second-order valence-electron chi connectivity index (χ2n) is 19.9. The Morgan fingerprint density at radius 1 is 0.696 bits per heavy atom. The fourth-order valence-electron chi connectivity index (χ4n) is 14.8. The predicted octanol–water partition coefficient (Wildman–Crippen LogP) is 5.98. The summed E-state index contributed by atoms with van der Waals surface area (Å²) in [6.07, 6.45) is 11.1. The zero-order valence-electron chi connectivity index (χ0n) is 33.8. The first-order valence-electron chi connectivity index (χ1n) is 21.9. The highest BCUT2D eigenvalue weighted by Crippen LogP contribution is 2.68. The summed E-state index contributed by atoms with van der Waals surface area (Å²) < 4.78 is 11.7. The number of hydrogen-bond donors (Lipinski definition) is 6. The first-order chi connectivity index (χ1) is 26.5. The molecule has 0 aromatic carbocycles. The molecule has 7 saturated carbocycles. The molecule has 8 aliphatic carbocycles. The Kier molecular flexibility index (Phi) is 12.7. The van der Waals surface area contributed by atoms with E-state index in [1.807, 2.05) is 19.9 Å². The topological polar surface area (TPSA) is 174 Å². The SMILES string of the molecule is CCC(=O)O[C@H]1[C@H](Br)CC2C3C(CC[C@@]21C)[C@@]1(CO)CC[C@H](O)CC1=C[C@@H]3O.CCC(=O)O[C@H]1[C@H](Br)CC2C3C(CC[C@@]21C)[C@@]1(CO)CC[C@H](O)CC1C[C@@H]3O. The van der Waals surface area contributed by atoms with Gasteiger partial charge in [0.05, 0.1) is 40.7 Å². The summed E-state index contributed by atoms with van der Waals surface area (Å²) in [6.45, 7) is 8.31. The smallest absolute Gasteiger partial charge is 0.305 e. The van der Waals surface area contributed by atoms with Crippen LogP contribution >= 0.6 is 31.9 Å². The number of aliphatic hydroxyl groups excluding tert-OH is 6. The molecule has 12 heteroatoms. The minimum absolute atomic E-state index is 0.0512. The van der Waals surface area contributed by atoms with Gasteiger partial charge < -0.3 is 40.1 Å². The van der Waals surface area contributed by atoms with E-state index in [0.717, 1.165) is 63.4 Å². The highest BCUT2D eigenvalue weighted by atomic mass is 79.9. The van der Waals surface area contributed by atoms with Crippen molar-refractivity contribution in [1.82, 2.24) is 0 Å². The van der Waals surface area contributed by atoms with Gasteiger partial charge in [-0.1, -0.05) is 71.2 Å². The number of carbonyl (C=O) groups excluding carboxylic acids is 2. The molecular weight excluding hydrogens is 848 g/mol. The van der Waals surface area contributed by atoms with Crippen LogP contribution in [0.2, 0.25) is 0 Å². The van der Waals surface area contributed by atoms with Gasteiger partial charge in [0.15, 0.2) is 0 Å². The Hall–Kier alpha value is -0.600. The molecule has 10 nitrogen and oxygen atoms in total. The maximum atomic E-state index is 12.0. The van der Waals surface area contributed by atoms with Crippen LogP contribution in [0, 0.1) is 63.1 Å². The number of rotatable bonds is 6. The second-order valence-corrected chi connectivity index (χ2v) is 22.3. The second kappa shape index (κ2) is 16.4. The van der Waals surface area contributed by atoms with Gasteiger partial charge >= 0.3 is 11.9 Å². The molecule has 0 aromatic heterocycles. The van der Waals surface area contributed by atoms with Crippen LogP contribution in [0.4, 0.5) is 0 Å². The van der Waals surface area contributed by atoms with Crippen LogP contribution in [-0.4, -0.2) is 102 Å². The molecule has 0 aromatic rings. The van der Waals surface area contributed by atoms with E-state index < -0.39 is 12.2 Å². The maximum Gasteiger partial charge on any atom is 0.305 e. The van der Waals surface area contributed by atoms with Crippen molar-refractivity contribution in [1.29, 1.82) is 0 Å². The van der Waals surface area contributed by atoms with Crippen molar-refractivity contribution < 1.29 is 49.7 Å². The first-order valence-corrected chi connectivity index (χ1v) is 23.7. The molecule has 8 rings (SSSR count). The van der Waals surface area contributed by atoms with Gasteiger partial charge in [-0.15, -0.1) is 0 Å². The van der Waals surface area contributed by atoms with Crippen LogP contribution < -0.4 is 0 Å². The quantitative estimate of drug-likeness (QED) is 0.106. The normalized spacial score (nSPS) is 51.6. The molecule has 7 fully saturated rings. The summed E-state index contributed by atoms with van der Waals surface area (Å²) in [5, 5.41) is 63.7. The molecule has 6 N–H and O–H groups in total. The molecule has 8 aliphatic rings. The summed E-state index contributed by atoms with van der Waals surface area (Å²) in [6, 6.07) is 0. The van der Waals surface area contributed by atoms with Gasteiger partial charge in [0, 0.05) is 35.7 Å². The van der Waals surface area contributed by atoms with Crippen LogP contribution in [0.5, 0.6) is 0 Å². The van der Waals surface area contributed by atoms with E-state index in [9.17, 15) is 40.2 Å². The molecule has 0 radical (unpaired) electrons. The summed E-state index contributed by atoms with van der Waals surface area (Å²) in [7, 11) is 0. The number of halogens is 2. The molecule has 0 bridgehead atoms. The Labute approximate surface area is 350 Å². The number of hydrogen-bond acceptors (Lipinski definition) is 10. The van der Waals surface area contributed by atoms with Crippen LogP contribution in [0.1, 0.15) is 124 Å². The van der Waals surface area contributed by atoms with Gasteiger partial charge in [0.2, 0.25) is 0 Å². The highest BCUT2D eigenvalue weighted by Gasteiger charge is 2.67. The van der Waals surface area contributed by atoms with Crippen LogP contribution in [0.3, 0.4) is 0 Å². The van der Waals surface area contributed by atoms with Crippen LogP contribution in [0.15, 0.2) is 11.6 Å². The minimum Gasteiger partial charge on any atom is -0.461 e. The van der Waals surface area contributed by atoms with Gasteiger partial charge in [-0.05, 0) is 130 Å².